The van der Waals surface area contributed by atoms with Crippen LogP contribution in [0.2, 0.25) is 5.02 Å². The van der Waals surface area contributed by atoms with Gasteiger partial charge in [-0.25, -0.2) is 4.79 Å². The largest absolute Gasteiger partial charge is 0.438 e. The van der Waals surface area contributed by atoms with Crippen LogP contribution >= 0.6 is 11.6 Å². The number of carbonyl (C=O) groups excluding carboxylic acids is 3. The second-order valence-electron chi connectivity index (χ2n) is 8.57. The molecule has 0 aromatic heterocycles. The van der Waals surface area contributed by atoms with E-state index in [4.69, 9.17) is 16.3 Å². The molecule has 8 heteroatoms. The van der Waals surface area contributed by atoms with Crippen molar-refractivity contribution in [2.45, 2.75) is 52.3 Å². The van der Waals surface area contributed by atoms with E-state index < -0.39 is 18.2 Å². The van der Waals surface area contributed by atoms with Crippen LogP contribution in [0.25, 0.3) is 0 Å². The number of nitrogens with one attached hydrogen (secondary N) is 2. The van der Waals surface area contributed by atoms with Crippen LogP contribution in [0.3, 0.4) is 0 Å². The molecular formula is C25H30ClN3O4. The summed E-state index contributed by atoms with van der Waals surface area (Å²) >= 11 is 6.11. The van der Waals surface area contributed by atoms with Gasteiger partial charge in [-0.15, -0.1) is 0 Å². The number of benzene rings is 2. The van der Waals surface area contributed by atoms with E-state index in [1.165, 1.54) is 4.90 Å². The normalized spacial score (nSPS) is 17.7. The van der Waals surface area contributed by atoms with Crippen molar-refractivity contribution in [3.05, 3.63) is 64.7 Å². The van der Waals surface area contributed by atoms with Crippen LogP contribution in [0.1, 0.15) is 50.8 Å². The highest BCUT2D eigenvalue weighted by Gasteiger charge is 2.47. The Labute approximate surface area is 199 Å². The van der Waals surface area contributed by atoms with E-state index in [-0.39, 0.29) is 24.3 Å². The highest BCUT2D eigenvalue weighted by atomic mass is 35.5. The van der Waals surface area contributed by atoms with Gasteiger partial charge in [0.2, 0.25) is 11.8 Å². The zero-order valence-electron chi connectivity index (χ0n) is 19.1. The molecule has 0 spiro atoms. The van der Waals surface area contributed by atoms with Gasteiger partial charge in [-0.2, -0.15) is 0 Å². The van der Waals surface area contributed by atoms with Crippen LogP contribution in [-0.4, -0.2) is 35.4 Å². The third kappa shape index (κ3) is 6.48. The summed E-state index contributed by atoms with van der Waals surface area (Å²) < 4.78 is 5.69. The quantitative estimate of drug-likeness (QED) is 0.543. The van der Waals surface area contributed by atoms with Crippen LogP contribution in [0.15, 0.2) is 48.5 Å². The first-order chi connectivity index (χ1) is 15.8. The maximum Gasteiger partial charge on any atom is 0.411 e. The predicted octanol–water partition coefficient (Wildman–Crippen LogP) is 4.91. The Balaban J connectivity index is 1.90. The number of cyclic esters (lactones) is 1. The molecule has 0 aliphatic carbocycles. The molecule has 33 heavy (non-hydrogen) atoms. The summed E-state index contributed by atoms with van der Waals surface area (Å²) in [5.41, 5.74) is 2.02. The molecule has 1 saturated heterocycles. The Morgan fingerprint density at radius 2 is 1.91 bits per heavy atom. The summed E-state index contributed by atoms with van der Waals surface area (Å²) in [6.07, 6.45) is -0.240. The van der Waals surface area contributed by atoms with E-state index in [0.717, 1.165) is 12.0 Å². The van der Waals surface area contributed by atoms with Crippen molar-refractivity contribution in [3.8, 4) is 0 Å². The second kappa shape index (κ2) is 11.2. The average molecular weight is 472 g/mol. The molecule has 7 nitrogen and oxygen atoms in total. The fraction of sp³-hybridized carbons (Fsp3) is 0.400. The van der Waals surface area contributed by atoms with Crippen molar-refractivity contribution in [2.75, 3.05) is 11.9 Å². The van der Waals surface area contributed by atoms with Crippen LogP contribution in [0.5, 0.6) is 0 Å². The first-order valence-corrected chi connectivity index (χ1v) is 11.6. The summed E-state index contributed by atoms with van der Waals surface area (Å²) in [6, 6.07) is 13.4. The monoisotopic (exact) mass is 471 g/mol. The van der Waals surface area contributed by atoms with Gasteiger partial charge in [0.15, 0.2) is 12.1 Å². The van der Waals surface area contributed by atoms with Crippen LogP contribution < -0.4 is 10.6 Å². The number of nitrogens with zero attached hydrogens (tertiary/aromatic N) is 1. The third-order valence-corrected chi connectivity index (χ3v) is 5.49. The van der Waals surface area contributed by atoms with Gasteiger partial charge in [-0.05, 0) is 47.7 Å². The average Bonchev–Trinajstić information content (AvgIpc) is 3.08. The zero-order chi connectivity index (χ0) is 24.0. The Bertz CT molecular complexity index is 1010. The van der Waals surface area contributed by atoms with Crippen molar-refractivity contribution >= 4 is 35.2 Å². The first-order valence-electron chi connectivity index (χ1n) is 11.2. The van der Waals surface area contributed by atoms with E-state index >= 15 is 0 Å². The molecule has 2 N–H and O–H groups in total. The molecule has 0 bridgehead atoms. The maximum atomic E-state index is 13.2. The van der Waals surface area contributed by atoms with Gasteiger partial charge in [0.25, 0.3) is 0 Å². The zero-order valence-corrected chi connectivity index (χ0v) is 19.9. The highest BCUT2D eigenvalue weighted by Crippen LogP contribution is 2.35. The minimum atomic E-state index is -0.864. The van der Waals surface area contributed by atoms with E-state index in [1.54, 1.807) is 42.5 Å². The number of hydrogen-bond acceptors (Lipinski definition) is 4. The van der Waals surface area contributed by atoms with Crippen molar-refractivity contribution in [1.29, 1.82) is 0 Å². The number of ether oxygens (including phenoxy) is 1. The van der Waals surface area contributed by atoms with Gasteiger partial charge < -0.3 is 15.4 Å². The molecule has 1 heterocycles. The van der Waals surface area contributed by atoms with Crippen LogP contribution in [-0.2, 0) is 20.9 Å². The Hall–Kier alpha value is -3.06. The number of halogens is 1. The lowest BCUT2D eigenvalue weighted by atomic mass is 9.99. The third-order valence-electron chi connectivity index (χ3n) is 5.26. The van der Waals surface area contributed by atoms with E-state index in [1.807, 2.05) is 26.8 Å². The Morgan fingerprint density at radius 3 is 2.61 bits per heavy atom. The summed E-state index contributed by atoms with van der Waals surface area (Å²) in [4.78, 5) is 39.5. The molecule has 2 atom stereocenters. The van der Waals surface area contributed by atoms with E-state index in [0.29, 0.717) is 29.2 Å². The van der Waals surface area contributed by atoms with Gasteiger partial charge in [0, 0.05) is 23.7 Å². The molecule has 1 aliphatic heterocycles. The molecule has 0 saturated carbocycles. The SMILES string of the molecule is CCCC(=O)Nc1cccc([C@@H]2OC(=O)N(Cc3cccc(Cl)c3)[C@H]2C(=O)NCC(C)C)c1. The van der Waals surface area contributed by atoms with E-state index in [2.05, 4.69) is 10.6 Å². The molecule has 0 radical (unpaired) electrons. The molecule has 0 unspecified atom stereocenters. The van der Waals surface area contributed by atoms with Crippen molar-refractivity contribution in [1.82, 2.24) is 10.2 Å². The van der Waals surface area contributed by atoms with Gasteiger partial charge in [0.1, 0.15) is 0 Å². The van der Waals surface area contributed by atoms with E-state index in [9.17, 15) is 14.4 Å². The summed E-state index contributed by atoms with van der Waals surface area (Å²) in [6.45, 7) is 6.60. The lowest BCUT2D eigenvalue weighted by molar-refractivity contribution is -0.126. The fourth-order valence-corrected chi connectivity index (χ4v) is 3.91. The molecule has 2 aromatic carbocycles. The number of hydrogen-bond donors (Lipinski definition) is 2. The molecular weight excluding hydrogens is 442 g/mol. The van der Waals surface area contributed by atoms with Crippen molar-refractivity contribution in [2.24, 2.45) is 5.92 Å². The predicted molar refractivity (Wildman–Crippen MR) is 128 cm³/mol. The minimum Gasteiger partial charge on any atom is -0.438 e. The van der Waals surface area contributed by atoms with Crippen LogP contribution in [0, 0.1) is 5.92 Å². The molecule has 2 aromatic rings. The lowest BCUT2D eigenvalue weighted by Gasteiger charge is -2.25. The fourth-order valence-electron chi connectivity index (χ4n) is 3.70. The van der Waals surface area contributed by atoms with Gasteiger partial charge >= 0.3 is 6.09 Å². The first kappa shape index (κ1) is 24.6. The number of rotatable bonds is 9. The standard InChI is InChI=1S/C25H30ClN3O4/c1-4-7-21(30)28-20-11-6-9-18(13-20)23-22(24(31)27-14-16(2)3)29(25(32)33-23)15-17-8-5-10-19(26)12-17/h5-6,8-13,16,22-23H,4,7,14-15H2,1-3H3,(H,27,31)(H,28,30)/t22-,23+/m1/s1. The molecule has 3 amide bonds. The number of anilines is 1. The molecule has 176 valence electrons. The lowest BCUT2D eigenvalue weighted by Crippen LogP contribution is -2.47. The molecule has 1 aliphatic rings. The molecule has 1 fully saturated rings. The summed E-state index contributed by atoms with van der Waals surface area (Å²) in [5, 5.41) is 6.33. The Kier molecular flexibility index (Phi) is 8.33. The second-order valence-corrected chi connectivity index (χ2v) is 9.01. The van der Waals surface area contributed by atoms with Gasteiger partial charge in [-0.3, -0.25) is 14.5 Å². The molecule has 3 rings (SSSR count). The number of amides is 3. The highest BCUT2D eigenvalue weighted by molar-refractivity contribution is 6.30. The summed E-state index contributed by atoms with van der Waals surface area (Å²) in [5.74, 6) is -0.127. The Morgan fingerprint density at radius 1 is 1.15 bits per heavy atom. The smallest absolute Gasteiger partial charge is 0.411 e. The topological polar surface area (TPSA) is 87.7 Å². The van der Waals surface area contributed by atoms with Gasteiger partial charge in [-0.1, -0.05) is 56.6 Å². The minimum absolute atomic E-state index is 0.0909. The van der Waals surface area contributed by atoms with Crippen molar-refractivity contribution in [3.63, 3.8) is 0 Å². The number of carbonyl (C=O) groups is 3. The summed E-state index contributed by atoms with van der Waals surface area (Å²) in [7, 11) is 0. The van der Waals surface area contributed by atoms with Gasteiger partial charge in [0.05, 0.1) is 6.54 Å². The van der Waals surface area contributed by atoms with Crippen molar-refractivity contribution < 1.29 is 19.1 Å². The van der Waals surface area contributed by atoms with Crippen LogP contribution in [0.4, 0.5) is 10.5 Å². The maximum absolute atomic E-state index is 13.2.